The van der Waals surface area contributed by atoms with Gasteiger partial charge in [0.05, 0.1) is 5.54 Å². The average Bonchev–Trinajstić information content (AvgIpc) is 2.90. The number of carbonyl (C=O) groups excluding carboxylic acids is 1. The van der Waals surface area contributed by atoms with Crippen LogP contribution in [0.3, 0.4) is 0 Å². The third kappa shape index (κ3) is 2.56. The molecule has 2 fully saturated rings. The minimum atomic E-state index is -0.0971. The maximum Gasteiger partial charge on any atom is 0.226 e. The summed E-state index contributed by atoms with van der Waals surface area (Å²) in [7, 11) is 0. The molecule has 3 nitrogen and oxygen atoms in total. The summed E-state index contributed by atoms with van der Waals surface area (Å²) < 4.78 is 0. The van der Waals surface area contributed by atoms with Crippen molar-refractivity contribution in [3.05, 3.63) is 0 Å². The van der Waals surface area contributed by atoms with Crippen LogP contribution in [0.5, 0.6) is 0 Å². The molecule has 0 aliphatic heterocycles. The maximum absolute atomic E-state index is 12.7. The SMILES string of the molecule is CCC1(C(=O)NC2(CN)CCCCC2)CCCC1. The highest BCUT2D eigenvalue weighted by Gasteiger charge is 2.43. The molecule has 0 saturated heterocycles. The van der Waals surface area contributed by atoms with Gasteiger partial charge in [-0.3, -0.25) is 4.79 Å². The summed E-state index contributed by atoms with van der Waals surface area (Å²) in [5.41, 5.74) is 5.77. The van der Waals surface area contributed by atoms with E-state index in [0.29, 0.717) is 6.54 Å². The third-order valence-corrected chi connectivity index (χ3v) is 5.30. The zero-order valence-electron chi connectivity index (χ0n) is 11.8. The van der Waals surface area contributed by atoms with Gasteiger partial charge < -0.3 is 11.1 Å². The molecule has 18 heavy (non-hydrogen) atoms. The zero-order valence-corrected chi connectivity index (χ0v) is 11.8. The molecule has 0 heterocycles. The van der Waals surface area contributed by atoms with Crippen LogP contribution in [0.25, 0.3) is 0 Å². The first kappa shape index (κ1) is 13.9. The van der Waals surface area contributed by atoms with Crippen molar-refractivity contribution in [1.29, 1.82) is 0 Å². The normalized spacial score (nSPS) is 25.9. The van der Waals surface area contributed by atoms with Crippen molar-refractivity contribution >= 4 is 5.91 Å². The minimum Gasteiger partial charge on any atom is -0.349 e. The van der Waals surface area contributed by atoms with E-state index in [0.717, 1.165) is 32.1 Å². The van der Waals surface area contributed by atoms with E-state index in [2.05, 4.69) is 12.2 Å². The number of nitrogens with two attached hydrogens (primary N) is 1. The molecule has 3 N–H and O–H groups in total. The Labute approximate surface area is 111 Å². The highest BCUT2D eigenvalue weighted by Crippen LogP contribution is 2.42. The van der Waals surface area contributed by atoms with Crippen LogP contribution in [0.4, 0.5) is 0 Å². The summed E-state index contributed by atoms with van der Waals surface area (Å²) in [5, 5.41) is 3.35. The Bertz CT molecular complexity index is 289. The number of carbonyl (C=O) groups is 1. The highest BCUT2D eigenvalue weighted by atomic mass is 16.2. The summed E-state index contributed by atoms with van der Waals surface area (Å²) >= 11 is 0. The summed E-state index contributed by atoms with van der Waals surface area (Å²) in [4.78, 5) is 12.7. The van der Waals surface area contributed by atoms with E-state index in [1.807, 2.05) is 0 Å². The zero-order chi connectivity index (χ0) is 13.1. The Morgan fingerprint density at radius 2 is 1.61 bits per heavy atom. The van der Waals surface area contributed by atoms with Crippen molar-refractivity contribution < 1.29 is 4.79 Å². The van der Waals surface area contributed by atoms with Crippen LogP contribution in [0.15, 0.2) is 0 Å². The quantitative estimate of drug-likeness (QED) is 0.808. The fraction of sp³-hybridized carbons (Fsp3) is 0.933. The molecule has 0 unspecified atom stereocenters. The Morgan fingerprint density at radius 3 is 2.11 bits per heavy atom. The molecule has 0 aromatic rings. The summed E-state index contributed by atoms with van der Waals surface area (Å²) in [6.07, 6.45) is 11.3. The summed E-state index contributed by atoms with van der Waals surface area (Å²) in [5.74, 6) is 0.287. The van der Waals surface area contributed by atoms with E-state index in [1.54, 1.807) is 0 Å². The topological polar surface area (TPSA) is 55.1 Å². The second kappa shape index (κ2) is 5.60. The number of hydrogen-bond donors (Lipinski definition) is 2. The largest absolute Gasteiger partial charge is 0.349 e. The first-order chi connectivity index (χ1) is 8.66. The minimum absolute atomic E-state index is 0.0837. The van der Waals surface area contributed by atoms with Crippen LogP contribution in [0.2, 0.25) is 0 Å². The Balaban J connectivity index is 2.04. The number of amides is 1. The van der Waals surface area contributed by atoms with Crippen LogP contribution >= 0.6 is 0 Å². The van der Waals surface area contributed by atoms with Gasteiger partial charge in [-0.2, -0.15) is 0 Å². The van der Waals surface area contributed by atoms with Crippen molar-refractivity contribution in [2.45, 2.75) is 76.7 Å². The van der Waals surface area contributed by atoms with E-state index in [9.17, 15) is 4.79 Å². The number of nitrogens with one attached hydrogen (secondary N) is 1. The van der Waals surface area contributed by atoms with Crippen LogP contribution in [-0.4, -0.2) is 18.0 Å². The van der Waals surface area contributed by atoms with Gasteiger partial charge in [0.25, 0.3) is 0 Å². The van der Waals surface area contributed by atoms with Crippen LogP contribution < -0.4 is 11.1 Å². The van der Waals surface area contributed by atoms with Gasteiger partial charge in [-0.05, 0) is 32.1 Å². The van der Waals surface area contributed by atoms with E-state index in [-0.39, 0.29) is 16.9 Å². The third-order valence-electron chi connectivity index (χ3n) is 5.30. The Morgan fingerprint density at radius 1 is 1.06 bits per heavy atom. The summed E-state index contributed by atoms with van der Waals surface area (Å²) in [6, 6.07) is 0. The molecule has 0 atom stereocenters. The molecule has 2 rings (SSSR count). The van der Waals surface area contributed by atoms with E-state index in [1.165, 1.54) is 32.1 Å². The molecule has 2 aliphatic rings. The Kier molecular flexibility index (Phi) is 4.31. The van der Waals surface area contributed by atoms with Gasteiger partial charge in [0.15, 0.2) is 0 Å². The molecule has 0 bridgehead atoms. The number of hydrogen-bond acceptors (Lipinski definition) is 2. The van der Waals surface area contributed by atoms with Crippen LogP contribution in [0.1, 0.15) is 71.1 Å². The van der Waals surface area contributed by atoms with Crippen LogP contribution in [0, 0.1) is 5.41 Å². The molecule has 104 valence electrons. The molecule has 0 radical (unpaired) electrons. The van der Waals surface area contributed by atoms with Gasteiger partial charge in [0.1, 0.15) is 0 Å². The van der Waals surface area contributed by atoms with Gasteiger partial charge in [0, 0.05) is 12.0 Å². The molecule has 0 aromatic heterocycles. The van der Waals surface area contributed by atoms with Crippen molar-refractivity contribution in [2.24, 2.45) is 11.1 Å². The monoisotopic (exact) mass is 252 g/mol. The van der Waals surface area contributed by atoms with Gasteiger partial charge >= 0.3 is 0 Å². The lowest BCUT2D eigenvalue weighted by molar-refractivity contribution is -0.133. The van der Waals surface area contributed by atoms with E-state index >= 15 is 0 Å². The second-order valence-electron chi connectivity index (χ2n) is 6.34. The lowest BCUT2D eigenvalue weighted by Gasteiger charge is -2.40. The average molecular weight is 252 g/mol. The lowest BCUT2D eigenvalue weighted by Crippen LogP contribution is -2.57. The van der Waals surface area contributed by atoms with E-state index < -0.39 is 0 Å². The highest BCUT2D eigenvalue weighted by molar-refractivity contribution is 5.83. The molecule has 2 saturated carbocycles. The lowest BCUT2D eigenvalue weighted by atomic mass is 9.78. The van der Waals surface area contributed by atoms with Crippen molar-refractivity contribution in [2.75, 3.05) is 6.54 Å². The molecular formula is C15H28N2O. The van der Waals surface area contributed by atoms with Gasteiger partial charge in [-0.25, -0.2) is 0 Å². The number of rotatable bonds is 4. The standard InChI is InChI=1S/C15H28N2O/c1-2-14(8-6-7-9-14)13(18)17-15(12-16)10-4-3-5-11-15/h2-12,16H2,1H3,(H,17,18). The van der Waals surface area contributed by atoms with Gasteiger partial charge in [-0.15, -0.1) is 0 Å². The molecule has 0 aromatic carbocycles. The molecule has 3 heteroatoms. The molecular weight excluding hydrogens is 224 g/mol. The molecule has 0 spiro atoms. The predicted molar refractivity (Wildman–Crippen MR) is 74.2 cm³/mol. The van der Waals surface area contributed by atoms with Gasteiger partial charge in [-0.1, -0.05) is 39.0 Å². The predicted octanol–water partition coefficient (Wildman–Crippen LogP) is 2.73. The second-order valence-corrected chi connectivity index (χ2v) is 6.34. The van der Waals surface area contributed by atoms with Crippen molar-refractivity contribution in [3.8, 4) is 0 Å². The smallest absolute Gasteiger partial charge is 0.226 e. The van der Waals surface area contributed by atoms with Crippen molar-refractivity contribution in [1.82, 2.24) is 5.32 Å². The van der Waals surface area contributed by atoms with Crippen molar-refractivity contribution in [3.63, 3.8) is 0 Å². The fourth-order valence-corrected chi connectivity index (χ4v) is 3.78. The fourth-order valence-electron chi connectivity index (χ4n) is 3.78. The Hall–Kier alpha value is -0.570. The molecule has 2 aliphatic carbocycles. The maximum atomic E-state index is 12.7. The summed E-state index contributed by atoms with van der Waals surface area (Å²) in [6.45, 7) is 2.75. The van der Waals surface area contributed by atoms with Gasteiger partial charge in [0.2, 0.25) is 5.91 Å². The van der Waals surface area contributed by atoms with E-state index in [4.69, 9.17) is 5.73 Å². The van der Waals surface area contributed by atoms with Crippen LogP contribution in [-0.2, 0) is 4.79 Å². The first-order valence-corrected chi connectivity index (χ1v) is 7.69. The first-order valence-electron chi connectivity index (χ1n) is 7.69. The molecule has 1 amide bonds.